The molecule has 0 bridgehead atoms. The van der Waals surface area contributed by atoms with Gasteiger partial charge in [-0.15, -0.1) is 0 Å². The fraction of sp³-hybridized carbons (Fsp3) is 0.360. The number of fused-ring (bicyclic) bond motifs is 1. The second-order valence-corrected chi connectivity index (χ2v) is 11.3. The number of nitrogens with zero attached hydrogens (tertiary/aromatic N) is 1. The molecule has 0 spiro atoms. The van der Waals surface area contributed by atoms with Crippen molar-refractivity contribution in [3.63, 3.8) is 0 Å². The zero-order valence-corrected chi connectivity index (χ0v) is 21.3. The number of aryl methyl sites for hydroxylation is 2. The number of amides is 1. The molecule has 186 valence electrons. The summed E-state index contributed by atoms with van der Waals surface area (Å²) in [6, 6.07) is 11.3. The number of rotatable bonds is 8. The van der Waals surface area contributed by atoms with Crippen LogP contribution in [-0.4, -0.2) is 50.4 Å². The van der Waals surface area contributed by atoms with E-state index in [4.69, 9.17) is 21.1 Å². The number of esters is 1. The number of hydrogen-bond acceptors (Lipinski definition) is 6. The van der Waals surface area contributed by atoms with Gasteiger partial charge >= 0.3 is 5.97 Å². The first kappa shape index (κ1) is 25.2. The number of carbonyl (C=O) groups excluding carboxylic acids is 2. The van der Waals surface area contributed by atoms with E-state index in [9.17, 15) is 18.0 Å². The van der Waals surface area contributed by atoms with E-state index in [1.165, 1.54) is 12.1 Å². The van der Waals surface area contributed by atoms with Crippen molar-refractivity contribution < 1.29 is 27.5 Å². The van der Waals surface area contributed by atoms with Gasteiger partial charge in [0.2, 0.25) is 0 Å². The topological polar surface area (TPSA) is 104 Å². The predicted molar refractivity (Wildman–Crippen MR) is 132 cm³/mol. The normalized spacial score (nSPS) is 15.0. The highest BCUT2D eigenvalue weighted by Crippen LogP contribution is 2.28. The third-order valence-corrected chi connectivity index (χ3v) is 7.99. The molecule has 1 amide bonds. The number of hydrogen-bond donors (Lipinski definition) is 1. The monoisotopic (exact) mass is 518 g/mol. The summed E-state index contributed by atoms with van der Waals surface area (Å²) in [6.45, 7) is 4.95. The molecule has 1 fully saturated rings. The van der Waals surface area contributed by atoms with Crippen LogP contribution in [-0.2, 0) is 31.2 Å². The van der Waals surface area contributed by atoms with Crippen molar-refractivity contribution in [2.75, 3.05) is 25.6 Å². The van der Waals surface area contributed by atoms with Gasteiger partial charge in [0.05, 0.1) is 41.3 Å². The predicted octanol–water partition coefficient (Wildman–Crippen LogP) is 3.59. The number of carbonyl (C=O) groups is 2. The van der Waals surface area contributed by atoms with Crippen molar-refractivity contribution in [1.82, 2.24) is 9.88 Å². The maximum absolute atomic E-state index is 13.0. The summed E-state index contributed by atoms with van der Waals surface area (Å²) in [7, 11) is -2.03. The summed E-state index contributed by atoms with van der Waals surface area (Å²) in [4.78, 5) is 24.9. The standard InChI is InChI=1S/C25H27ClN2O6S/c1-15-8-21(26)20-10-23(28(3)22(20)9-15)25(30)27-16(2)18-4-6-19(7-5-18)35(31,32)14-24(29)34-13-17-11-33-12-17/h4-10,16-17H,11-14H2,1-3H3,(H,27,30). The lowest BCUT2D eigenvalue weighted by Crippen LogP contribution is -2.33. The first-order chi connectivity index (χ1) is 16.5. The molecule has 2 aromatic carbocycles. The van der Waals surface area contributed by atoms with Crippen molar-refractivity contribution in [2.45, 2.75) is 24.8 Å². The Balaban J connectivity index is 1.41. The second kappa shape index (κ2) is 10.0. The minimum absolute atomic E-state index is 0.0161. The Morgan fingerprint density at radius 1 is 1.20 bits per heavy atom. The molecule has 8 nitrogen and oxygen atoms in total. The summed E-state index contributed by atoms with van der Waals surface area (Å²) in [5.41, 5.74) is 3.05. The van der Waals surface area contributed by atoms with E-state index < -0.39 is 21.6 Å². The highest BCUT2D eigenvalue weighted by Gasteiger charge is 2.24. The zero-order chi connectivity index (χ0) is 25.3. The van der Waals surface area contributed by atoms with Gasteiger partial charge < -0.3 is 19.4 Å². The van der Waals surface area contributed by atoms with E-state index in [0.29, 0.717) is 23.9 Å². The van der Waals surface area contributed by atoms with E-state index in [2.05, 4.69) is 5.32 Å². The van der Waals surface area contributed by atoms with Crippen LogP contribution in [0.25, 0.3) is 10.9 Å². The van der Waals surface area contributed by atoms with Gasteiger partial charge in [0, 0.05) is 18.4 Å². The fourth-order valence-electron chi connectivity index (χ4n) is 3.93. The van der Waals surface area contributed by atoms with Crippen molar-refractivity contribution >= 4 is 44.2 Å². The SMILES string of the molecule is Cc1cc(Cl)c2cc(C(=O)NC(C)c3ccc(S(=O)(=O)CC(=O)OCC4COC4)cc3)n(C)c2c1. The Morgan fingerprint density at radius 3 is 2.51 bits per heavy atom. The van der Waals surface area contributed by atoms with E-state index in [1.54, 1.807) is 22.8 Å². The molecular weight excluding hydrogens is 492 g/mol. The first-order valence-corrected chi connectivity index (χ1v) is 13.2. The molecule has 1 atom stereocenters. The quantitative estimate of drug-likeness (QED) is 0.457. The minimum atomic E-state index is -3.84. The molecule has 10 heteroatoms. The van der Waals surface area contributed by atoms with Crippen molar-refractivity contribution in [1.29, 1.82) is 0 Å². The lowest BCUT2D eigenvalue weighted by molar-refractivity contribution is -0.147. The van der Waals surface area contributed by atoms with Crippen molar-refractivity contribution in [3.8, 4) is 0 Å². The summed E-state index contributed by atoms with van der Waals surface area (Å²) in [5.74, 6) is -1.66. The molecule has 1 aliphatic heterocycles. The van der Waals surface area contributed by atoms with E-state index >= 15 is 0 Å². The minimum Gasteiger partial charge on any atom is -0.464 e. The van der Waals surface area contributed by atoms with Gasteiger partial charge in [0.1, 0.15) is 5.69 Å². The van der Waals surface area contributed by atoms with Crippen LogP contribution >= 0.6 is 11.6 Å². The number of nitrogens with one attached hydrogen (secondary N) is 1. The molecule has 1 aliphatic rings. The molecule has 0 saturated carbocycles. The van der Waals surface area contributed by atoms with Gasteiger partial charge in [0.25, 0.3) is 5.91 Å². The molecule has 0 radical (unpaired) electrons. The third-order valence-electron chi connectivity index (χ3n) is 6.07. The molecule has 0 aliphatic carbocycles. The van der Waals surface area contributed by atoms with Gasteiger partial charge in [0.15, 0.2) is 15.6 Å². The first-order valence-electron chi connectivity index (χ1n) is 11.2. The summed E-state index contributed by atoms with van der Waals surface area (Å²) >= 11 is 6.35. The Labute approximate surface area is 209 Å². The van der Waals surface area contributed by atoms with Crippen LogP contribution in [0.4, 0.5) is 0 Å². The average Bonchev–Trinajstić information content (AvgIpc) is 3.09. The van der Waals surface area contributed by atoms with Gasteiger partial charge in [-0.2, -0.15) is 0 Å². The average molecular weight is 519 g/mol. The maximum Gasteiger partial charge on any atom is 0.321 e. The van der Waals surface area contributed by atoms with Crippen LogP contribution < -0.4 is 5.32 Å². The fourth-order valence-corrected chi connectivity index (χ4v) is 5.36. The van der Waals surface area contributed by atoms with Crippen LogP contribution in [0, 0.1) is 12.8 Å². The molecular formula is C25H27ClN2O6S. The Hall–Kier alpha value is -2.88. The Morgan fingerprint density at radius 2 is 1.89 bits per heavy atom. The molecule has 1 unspecified atom stereocenters. The highest BCUT2D eigenvalue weighted by atomic mass is 35.5. The van der Waals surface area contributed by atoms with E-state index in [1.807, 2.05) is 33.0 Å². The highest BCUT2D eigenvalue weighted by molar-refractivity contribution is 7.92. The lowest BCUT2D eigenvalue weighted by Gasteiger charge is -2.25. The molecule has 1 aromatic heterocycles. The van der Waals surface area contributed by atoms with Crippen molar-refractivity contribution in [2.24, 2.45) is 13.0 Å². The smallest absolute Gasteiger partial charge is 0.321 e. The maximum atomic E-state index is 13.0. The van der Waals surface area contributed by atoms with Crippen LogP contribution in [0.5, 0.6) is 0 Å². The van der Waals surface area contributed by atoms with E-state index in [-0.39, 0.29) is 29.4 Å². The number of ether oxygens (including phenoxy) is 2. The lowest BCUT2D eigenvalue weighted by atomic mass is 10.1. The van der Waals surface area contributed by atoms with Gasteiger partial charge in [-0.3, -0.25) is 9.59 Å². The van der Waals surface area contributed by atoms with Crippen molar-refractivity contribution in [3.05, 3.63) is 64.3 Å². The third kappa shape index (κ3) is 5.52. The van der Waals surface area contributed by atoms with Gasteiger partial charge in [-0.1, -0.05) is 23.7 Å². The number of halogens is 1. The van der Waals surface area contributed by atoms with Gasteiger partial charge in [-0.25, -0.2) is 8.42 Å². The molecule has 1 N–H and O–H groups in total. The van der Waals surface area contributed by atoms with Crippen LogP contribution in [0.3, 0.4) is 0 Å². The second-order valence-electron chi connectivity index (χ2n) is 8.88. The molecule has 4 rings (SSSR count). The number of benzene rings is 2. The molecule has 3 aromatic rings. The molecule has 2 heterocycles. The van der Waals surface area contributed by atoms with Crippen LogP contribution in [0.1, 0.15) is 34.6 Å². The van der Waals surface area contributed by atoms with Gasteiger partial charge in [-0.05, 0) is 55.3 Å². The summed E-state index contributed by atoms with van der Waals surface area (Å²) in [6.07, 6.45) is 0. The number of aromatic nitrogens is 1. The largest absolute Gasteiger partial charge is 0.464 e. The Bertz CT molecular complexity index is 1380. The van der Waals surface area contributed by atoms with Crippen LogP contribution in [0.2, 0.25) is 5.02 Å². The zero-order valence-electron chi connectivity index (χ0n) is 19.7. The number of sulfone groups is 1. The summed E-state index contributed by atoms with van der Waals surface area (Å²) in [5, 5.41) is 4.32. The Kier molecular flexibility index (Phi) is 7.21. The molecule has 35 heavy (non-hydrogen) atoms. The van der Waals surface area contributed by atoms with Crippen LogP contribution in [0.15, 0.2) is 47.4 Å². The van der Waals surface area contributed by atoms with E-state index in [0.717, 1.165) is 22.0 Å². The molecule has 1 saturated heterocycles. The summed E-state index contributed by atoms with van der Waals surface area (Å²) < 4.78 is 37.0.